The van der Waals surface area contributed by atoms with Crippen LogP contribution >= 0.6 is 27.5 Å². The van der Waals surface area contributed by atoms with E-state index < -0.39 is 5.97 Å². The summed E-state index contributed by atoms with van der Waals surface area (Å²) in [6.07, 6.45) is 0. The molecule has 0 aliphatic heterocycles. The molecule has 0 saturated heterocycles. The number of esters is 1. The third kappa shape index (κ3) is 4.87. The summed E-state index contributed by atoms with van der Waals surface area (Å²) in [4.78, 5) is 12.2. The van der Waals surface area contributed by atoms with E-state index in [1.165, 1.54) is 0 Å². The number of hydrogen-bond acceptors (Lipinski definition) is 3. The van der Waals surface area contributed by atoms with E-state index in [-0.39, 0.29) is 0 Å². The summed E-state index contributed by atoms with van der Waals surface area (Å²) in [5.74, 6) is 0.849. The zero-order valence-electron chi connectivity index (χ0n) is 14.0. The van der Waals surface area contributed by atoms with Crippen LogP contribution in [0.1, 0.15) is 21.5 Å². The first-order chi connectivity index (χ1) is 12.5. The van der Waals surface area contributed by atoms with Crippen LogP contribution in [-0.2, 0) is 6.61 Å². The SMILES string of the molecule is Cc1cc(OC(=O)c2ccc(COc3ccc(Br)cc3)cc2)ccc1Cl. The highest BCUT2D eigenvalue weighted by molar-refractivity contribution is 9.10. The number of halogens is 2. The van der Waals surface area contributed by atoms with Crippen LogP contribution in [0, 0.1) is 6.92 Å². The quantitative estimate of drug-likeness (QED) is 0.356. The van der Waals surface area contributed by atoms with Crippen molar-refractivity contribution in [3.63, 3.8) is 0 Å². The van der Waals surface area contributed by atoms with Gasteiger partial charge in [0.1, 0.15) is 18.1 Å². The molecule has 3 nitrogen and oxygen atoms in total. The van der Waals surface area contributed by atoms with Crippen LogP contribution in [0.4, 0.5) is 0 Å². The molecular weight excluding hydrogens is 416 g/mol. The molecule has 0 N–H and O–H groups in total. The van der Waals surface area contributed by atoms with Crippen molar-refractivity contribution in [1.29, 1.82) is 0 Å². The summed E-state index contributed by atoms with van der Waals surface area (Å²) >= 11 is 9.37. The van der Waals surface area contributed by atoms with Gasteiger partial charge in [0.25, 0.3) is 0 Å². The molecule has 3 rings (SSSR count). The molecule has 0 aliphatic carbocycles. The molecule has 0 aliphatic rings. The molecule has 0 amide bonds. The van der Waals surface area contributed by atoms with Gasteiger partial charge in [-0.15, -0.1) is 0 Å². The maximum Gasteiger partial charge on any atom is 0.343 e. The van der Waals surface area contributed by atoms with E-state index in [1.54, 1.807) is 30.3 Å². The Kier molecular flexibility index (Phi) is 5.96. The lowest BCUT2D eigenvalue weighted by atomic mass is 10.1. The van der Waals surface area contributed by atoms with Gasteiger partial charge in [0.2, 0.25) is 0 Å². The molecule has 0 unspecified atom stereocenters. The van der Waals surface area contributed by atoms with Crippen molar-refractivity contribution in [3.8, 4) is 11.5 Å². The highest BCUT2D eigenvalue weighted by atomic mass is 79.9. The fraction of sp³-hybridized carbons (Fsp3) is 0.0952. The molecule has 5 heteroatoms. The van der Waals surface area contributed by atoms with E-state index in [9.17, 15) is 4.79 Å². The van der Waals surface area contributed by atoms with E-state index in [2.05, 4.69) is 15.9 Å². The van der Waals surface area contributed by atoms with E-state index >= 15 is 0 Å². The number of aryl methyl sites for hydroxylation is 1. The molecule has 0 fully saturated rings. The van der Waals surface area contributed by atoms with Crippen molar-refractivity contribution < 1.29 is 14.3 Å². The molecule has 132 valence electrons. The normalized spacial score (nSPS) is 10.4. The summed E-state index contributed by atoms with van der Waals surface area (Å²) in [6, 6.07) is 19.9. The second-order valence-corrected chi connectivity index (χ2v) is 7.06. The summed E-state index contributed by atoms with van der Waals surface area (Å²) in [6.45, 7) is 2.28. The molecular formula is C21H16BrClO3. The number of hydrogen-bond donors (Lipinski definition) is 0. The first-order valence-electron chi connectivity index (χ1n) is 7.97. The van der Waals surface area contributed by atoms with Crippen LogP contribution in [0.25, 0.3) is 0 Å². The van der Waals surface area contributed by atoms with Crippen molar-refractivity contribution in [2.24, 2.45) is 0 Å². The molecule has 0 saturated carbocycles. The molecule has 26 heavy (non-hydrogen) atoms. The minimum absolute atomic E-state index is 0.410. The fourth-order valence-corrected chi connectivity index (χ4v) is 2.66. The summed E-state index contributed by atoms with van der Waals surface area (Å²) in [5, 5.41) is 0.639. The van der Waals surface area contributed by atoms with Crippen LogP contribution < -0.4 is 9.47 Å². The van der Waals surface area contributed by atoms with Crippen molar-refractivity contribution in [2.75, 3.05) is 0 Å². The Hall–Kier alpha value is -2.30. The lowest BCUT2D eigenvalue weighted by molar-refractivity contribution is 0.0734. The molecule has 3 aromatic rings. The van der Waals surface area contributed by atoms with Gasteiger partial charge in [0.15, 0.2) is 0 Å². The maximum absolute atomic E-state index is 12.2. The maximum atomic E-state index is 12.2. The largest absolute Gasteiger partial charge is 0.489 e. The Labute approximate surface area is 165 Å². The monoisotopic (exact) mass is 430 g/mol. The Bertz CT molecular complexity index is 906. The minimum atomic E-state index is -0.410. The van der Waals surface area contributed by atoms with Gasteiger partial charge in [-0.2, -0.15) is 0 Å². The minimum Gasteiger partial charge on any atom is -0.489 e. The average molecular weight is 432 g/mol. The van der Waals surface area contributed by atoms with E-state index in [4.69, 9.17) is 21.1 Å². The highest BCUT2D eigenvalue weighted by Crippen LogP contribution is 2.22. The Balaban J connectivity index is 1.60. The molecule has 3 aromatic carbocycles. The van der Waals surface area contributed by atoms with Gasteiger partial charge in [-0.3, -0.25) is 0 Å². The van der Waals surface area contributed by atoms with E-state index in [0.717, 1.165) is 21.3 Å². The van der Waals surface area contributed by atoms with Crippen molar-refractivity contribution in [2.45, 2.75) is 13.5 Å². The zero-order chi connectivity index (χ0) is 18.5. The molecule has 0 heterocycles. The molecule has 0 radical (unpaired) electrons. The first kappa shape index (κ1) is 18.5. The Morgan fingerprint density at radius 2 is 1.62 bits per heavy atom. The van der Waals surface area contributed by atoms with Crippen LogP contribution in [0.2, 0.25) is 5.02 Å². The smallest absolute Gasteiger partial charge is 0.343 e. The number of benzene rings is 3. The Morgan fingerprint density at radius 3 is 2.27 bits per heavy atom. The van der Waals surface area contributed by atoms with E-state index in [1.807, 2.05) is 43.3 Å². The molecule has 0 spiro atoms. The fourth-order valence-electron chi connectivity index (χ4n) is 2.28. The van der Waals surface area contributed by atoms with Gasteiger partial charge in [0.05, 0.1) is 5.56 Å². The number of rotatable bonds is 5. The van der Waals surface area contributed by atoms with E-state index in [0.29, 0.717) is 22.9 Å². The van der Waals surface area contributed by atoms with Gasteiger partial charge in [-0.1, -0.05) is 39.7 Å². The number of carbonyl (C=O) groups is 1. The lowest BCUT2D eigenvalue weighted by Gasteiger charge is -2.08. The Morgan fingerprint density at radius 1 is 0.962 bits per heavy atom. The summed E-state index contributed by atoms with van der Waals surface area (Å²) in [7, 11) is 0. The third-order valence-electron chi connectivity index (χ3n) is 3.75. The number of ether oxygens (including phenoxy) is 2. The predicted octanol–water partition coefficient (Wildman–Crippen LogP) is 6.21. The van der Waals surface area contributed by atoms with Crippen molar-refractivity contribution in [3.05, 3.63) is 92.9 Å². The second kappa shape index (κ2) is 8.39. The second-order valence-electron chi connectivity index (χ2n) is 5.74. The zero-order valence-corrected chi connectivity index (χ0v) is 16.4. The van der Waals surface area contributed by atoms with Crippen LogP contribution in [0.5, 0.6) is 11.5 Å². The number of carbonyl (C=O) groups excluding carboxylic acids is 1. The van der Waals surface area contributed by atoms with Gasteiger partial charge in [-0.05, 0) is 72.6 Å². The first-order valence-corrected chi connectivity index (χ1v) is 9.14. The van der Waals surface area contributed by atoms with Gasteiger partial charge in [0, 0.05) is 9.50 Å². The van der Waals surface area contributed by atoms with Gasteiger partial charge in [-0.25, -0.2) is 4.79 Å². The topological polar surface area (TPSA) is 35.5 Å². The summed E-state index contributed by atoms with van der Waals surface area (Å²) < 4.78 is 12.1. The average Bonchev–Trinajstić information content (AvgIpc) is 2.65. The van der Waals surface area contributed by atoms with Crippen LogP contribution in [0.15, 0.2) is 71.2 Å². The predicted molar refractivity (Wildman–Crippen MR) is 106 cm³/mol. The van der Waals surface area contributed by atoms with Gasteiger partial charge < -0.3 is 9.47 Å². The van der Waals surface area contributed by atoms with Crippen LogP contribution in [0.3, 0.4) is 0 Å². The van der Waals surface area contributed by atoms with Gasteiger partial charge >= 0.3 is 5.97 Å². The van der Waals surface area contributed by atoms with Crippen molar-refractivity contribution in [1.82, 2.24) is 0 Å². The molecule has 0 atom stereocenters. The molecule has 0 bridgehead atoms. The van der Waals surface area contributed by atoms with Crippen LogP contribution in [-0.4, -0.2) is 5.97 Å². The standard InChI is InChI=1S/C21H16BrClO3/c1-14-12-19(10-11-20(14)23)26-21(24)16-4-2-15(3-5-16)13-25-18-8-6-17(22)7-9-18/h2-12H,13H2,1H3. The third-order valence-corrected chi connectivity index (χ3v) is 4.70. The molecule has 0 aromatic heterocycles. The highest BCUT2D eigenvalue weighted by Gasteiger charge is 2.09. The van der Waals surface area contributed by atoms with Crippen molar-refractivity contribution >= 4 is 33.5 Å². The summed E-state index contributed by atoms with van der Waals surface area (Å²) in [5.41, 5.74) is 2.30. The lowest BCUT2D eigenvalue weighted by Crippen LogP contribution is -2.08.